The van der Waals surface area contributed by atoms with E-state index in [1.54, 1.807) is 7.11 Å². The smallest absolute Gasteiger partial charge is 0.233 e. The summed E-state index contributed by atoms with van der Waals surface area (Å²) in [4.78, 5) is 16.4. The van der Waals surface area contributed by atoms with Crippen LogP contribution in [0.3, 0.4) is 0 Å². The van der Waals surface area contributed by atoms with E-state index in [0.717, 1.165) is 75.1 Å². The fourth-order valence-electron chi connectivity index (χ4n) is 5.82. The number of fused-ring (bicyclic) bond motifs is 1. The van der Waals surface area contributed by atoms with Gasteiger partial charge in [0.05, 0.1) is 24.2 Å². The lowest BCUT2D eigenvalue weighted by molar-refractivity contribution is -0.139. The predicted molar refractivity (Wildman–Crippen MR) is 130 cm³/mol. The molecule has 0 bridgehead atoms. The summed E-state index contributed by atoms with van der Waals surface area (Å²) in [6.45, 7) is 3.32. The summed E-state index contributed by atoms with van der Waals surface area (Å²) in [7, 11) is 1.69. The number of benzene rings is 2. The van der Waals surface area contributed by atoms with Crippen LogP contribution in [0.25, 0.3) is 10.9 Å². The number of nitrogens with one attached hydrogen (secondary N) is 2. The van der Waals surface area contributed by atoms with Gasteiger partial charge in [-0.15, -0.1) is 0 Å². The first-order valence-electron chi connectivity index (χ1n) is 12.3. The maximum absolute atomic E-state index is 14.2. The van der Waals surface area contributed by atoms with Gasteiger partial charge >= 0.3 is 0 Å². The highest BCUT2D eigenvalue weighted by molar-refractivity contribution is 5.88. The maximum atomic E-state index is 14.2. The van der Waals surface area contributed by atoms with E-state index >= 15 is 0 Å². The first-order chi connectivity index (χ1) is 16.2. The molecule has 2 fully saturated rings. The highest BCUT2D eigenvalue weighted by Crippen LogP contribution is 2.42. The fourth-order valence-corrected chi connectivity index (χ4v) is 5.82. The van der Waals surface area contributed by atoms with Gasteiger partial charge in [-0.05, 0) is 54.5 Å². The molecule has 1 saturated carbocycles. The first-order valence-corrected chi connectivity index (χ1v) is 12.3. The van der Waals surface area contributed by atoms with Crippen molar-refractivity contribution in [3.05, 3.63) is 59.8 Å². The average molecular weight is 447 g/mol. The van der Waals surface area contributed by atoms with Crippen molar-refractivity contribution < 1.29 is 9.53 Å². The lowest BCUT2D eigenvalue weighted by Gasteiger charge is -2.40. The Morgan fingerprint density at radius 2 is 1.97 bits per heavy atom. The number of amides is 1. The molecule has 1 aliphatic heterocycles. The Morgan fingerprint density at radius 1 is 1.15 bits per heavy atom. The number of hydrogen-bond donors (Lipinski definition) is 2. The molecule has 1 aliphatic carbocycles. The molecule has 5 rings (SSSR count). The molecule has 33 heavy (non-hydrogen) atoms. The molecule has 6 nitrogen and oxygen atoms in total. The SMILES string of the molecule is COc1ccc(C2(C(=O)N3CCNCC(Cc4cccc5[nH]ncc45)C3)CCCCC2)cc1. The molecular formula is C27H34N4O2. The van der Waals surface area contributed by atoms with Gasteiger partial charge in [0.1, 0.15) is 5.75 Å². The zero-order valence-corrected chi connectivity index (χ0v) is 19.5. The summed E-state index contributed by atoms with van der Waals surface area (Å²) in [6, 6.07) is 14.5. The third-order valence-electron chi connectivity index (χ3n) is 7.60. The lowest BCUT2D eigenvalue weighted by Crippen LogP contribution is -2.50. The van der Waals surface area contributed by atoms with E-state index in [4.69, 9.17) is 4.74 Å². The normalized spacial score (nSPS) is 21.0. The highest BCUT2D eigenvalue weighted by atomic mass is 16.5. The van der Waals surface area contributed by atoms with Gasteiger partial charge in [0, 0.05) is 31.6 Å². The number of rotatable bonds is 5. The number of aromatic amines is 1. The molecule has 1 unspecified atom stereocenters. The number of hydrogen-bond acceptors (Lipinski definition) is 4. The molecule has 2 heterocycles. The zero-order valence-electron chi connectivity index (χ0n) is 19.5. The molecule has 1 atom stereocenters. The lowest BCUT2D eigenvalue weighted by atomic mass is 9.68. The van der Waals surface area contributed by atoms with Crippen LogP contribution < -0.4 is 10.1 Å². The van der Waals surface area contributed by atoms with Crippen LogP contribution in [0.1, 0.15) is 43.2 Å². The maximum Gasteiger partial charge on any atom is 0.233 e. The minimum Gasteiger partial charge on any atom is -0.497 e. The van der Waals surface area contributed by atoms with Crippen molar-refractivity contribution in [2.75, 3.05) is 33.3 Å². The summed E-state index contributed by atoms with van der Waals surface area (Å²) >= 11 is 0. The van der Waals surface area contributed by atoms with Crippen LogP contribution >= 0.6 is 0 Å². The number of methoxy groups -OCH3 is 1. The van der Waals surface area contributed by atoms with Crippen LogP contribution in [0, 0.1) is 5.92 Å². The van der Waals surface area contributed by atoms with Gasteiger partial charge in [-0.25, -0.2) is 0 Å². The second-order valence-corrected chi connectivity index (χ2v) is 9.65. The Hall–Kier alpha value is -2.86. The second kappa shape index (κ2) is 9.56. The topological polar surface area (TPSA) is 70.2 Å². The Labute approximate surface area is 195 Å². The van der Waals surface area contributed by atoms with Crippen molar-refractivity contribution in [3.8, 4) is 5.75 Å². The van der Waals surface area contributed by atoms with E-state index in [1.165, 1.54) is 17.4 Å². The van der Waals surface area contributed by atoms with E-state index in [-0.39, 0.29) is 0 Å². The van der Waals surface area contributed by atoms with Crippen molar-refractivity contribution in [1.82, 2.24) is 20.4 Å². The molecule has 3 aromatic rings. The van der Waals surface area contributed by atoms with Gasteiger partial charge in [0.15, 0.2) is 0 Å². The summed E-state index contributed by atoms with van der Waals surface area (Å²) < 4.78 is 5.37. The summed E-state index contributed by atoms with van der Waals surface area (Å²) in [5.41, 5.74) is 3.10. The van der Waals surface area contributed by atoms with Crippen LogP contribution in [0.15, 0.2) is 48.7 Å². The molecule has 0 spiro atoms. The molecule has 2 aliphatic rings. The predicted octanol–water partition coefficient (Wildman–Crippen LogP) is 4.06. The van der Waals surface area contributed by atoms with Gasteiger partial charge in [0.25, 0.3) is 0 Å². The first kappa shape index (κ1) is 22.0. The van der Waals surface area contributed by atoms with E-state index in [2.05, 4.69) is 50.7 Å². The minimum atomic E-state index is -0.413. The molecule has 6 heteroatoms. The Kier molecular flexibility index (Phi) is 6.36. The zero-order chi connectivity index (χ0) is 22.7. The molecular weight excluding hydrogens is 412 g/mol. The summed E-state index contributed by atoms with van der Waals surface area (Å²) in [5, 5.41) is 12.1. The van der Waals surface area contributed by atoms with Crippen molar-refractivity contribution in [1.29, 1.82) is 0 Å². The highest BCUT2D eigenvalue weighted by Gasteiger charge is 2.44. The Bertz CT molecular complexity index is 1080. The van der Waals surface area contributed by atoms with E-state index in [1.807, 2.05) is 18.3 Å². The number of nitrogens with zero attached hydrogens (tertiary/aromatic N) is 2. The molecule has 2 aromatic carbocycles. The number of carbonyl (C=O) groups excluding carboxylic acids is 1. The van der Waals surface area contributed by atoms with Gasteiger partial charge in [-0.2, -0.15) is 5.10 Å². The van der Waals surface area contributed by atoms with E-state index in [9.17, 15) is 4.79 Å². The van der Waals surface area contributed by atoms with Crippen LogP contribution in [-0.2, 0) is 16.6 Å². The number of aromatic nitrogens is 2. The fraction of sp³-hybridized carbons (Fsp3) is 0.481. The van der Waals surface area contributed by atoms with Crippen molar-refractivity contribution in [2.45, 2.75) is 43.9 Å². The molecule has 1 saturated heterocycles. The van der Waals surface area contributed by atoms with E-state index in [0.29, 0.717) is 11.8 Å². The van der Waals surface area contributed by atoms with Crippen LogP contribution in [0.4, 0.5) is 0 Å². The Balaban J connectivity index is 1.39. The van der Waals surface area contributed by atoms with Crippen LogP contribution in [0.5, 0.6) is 5.75 Å². The van der Waals surface area contributed by atoms with Crippen LogP contribution in [-0.4, -0.2) is 54.3 Å². The third-order valence-corrected chi connectivity index (χ3v) is 7.60. The number of H-pyrrole nitrogens is 1. The quantitative estimate of drug-likeness (QED) is 0.620. The van der Waals surface area contributed by atoms with Gasteiger partial charge in [0.2, 0.25) is 5.91 Å². The monoisotopic (exact) mass is 446 g/mol. The number of carbonyl (C=O) groups is 1. The summed E-state index contributed by atoms with van der Waals surface area (Å²) in [6.07, 6.45) is 8.14. The van der Waals surface area contributed by atoms with Gasteiger partial charge in [-0.3, -0.25) is 9.89 Å². The van der Waals surface area contributed by atoms with Gasteiger partial charge < -0.3 is 15.0 Å². The molecule has 1 amide bonds. The van der Waals surface area contributed by atoms with Crippen LogP contribution in [0.2, 0.25) is 0 Å². The van der Waals surface area contributed by atoms with Gasteiger partial charge in [-0.1, -0.05) is 43.5 Å². The summed E-state index contributed by atoms with van der Waals surface area (Å²) in [5.74, 6) is 1.51. The minimum absolute atomic E-state index is 0.308. The molecule has 174 valence electrons. The molecule has 0 radical (unpaired) electrons. The largest absolute Gasteiger partial charge is 0.497 e. The second-order valence-electron chi connectivity index (χ2n) is 9.65. The van der Waals surface area contributed by atoms with Crippen molar-refractivity contribution >= 4 is 16.8 Å². The third kappa shape index (κ3) is 4.36. The standard InChI is InChI=1S/C27H34N4O2/c1-33-23-10-8-22(9-11-23)27(12-3-2-4-13-27)26(32)31-15-14-28-17-20(19-31)16-21-6-5-7-25-24(21)18-29-30-25/h5-11,18,20,28H,2-4,12-17,19H2,1H3,(H,29,30). The number of ether oxygens (including phenoxy) is 1. The van der Waals surface area contributed by atoms with E-state index < -0.39 is 5.41 Å². The van der Waals surface area contributed by atoms with Crippen molar-refractivity contribution in [3.63, 3.8) is 0 Å². The Morgan fingerprint density at radius 3 is 2.76 bits per heavy atom. The molecule has 2 N–H and O–H groups in total. The van der Waals surface area contributed by atoms with Crippen molar-refractivity contribution in [2.24, 2.45) is 5.92 Å². The molecule has 1 aromatic heterocycles. The average Bonchev–Trinajstić information content (AvgIpc) is 3.24.